The van der Waals surface area contributed by atoms with Gasteiger partial charge in [0.25, 0.3) is 0 Å². The molecule has 1 aliphatic heterocycles. The number of carbonyl (C=O) groups is 2. The average molecular weight is 360 g/mol. The summed E-state index contributed by atoms with van der Waals surface area (Å²) >= 11 is 3.20. The lowest BCUT2D eigenvalue weighted by Crippen LogP contribution is -2.42. The zero-order chi connectivity index (χ0) is 15.8. The predicted molar refractivity (Wildman–Crippen MR) is 78.0 cm³/mol. The molecule has 1 aromatic heterocycles. The van der Waals surface area contributed by atoms with Gasteiger partial charge in [0.2, 0.25) is 5.91 Å². The van der Waals surface area contributed by atoms with Gasteiger partial charge in [-0.25, -0.2) is 14.2 Å². The molecule has 2 heterocycles. The highest BCUT2D eigenvalue weighted by molar-refractivity contribution is 9.10. The molecular formula is C13H15BrFN3O3. The lowest BCUT2D eigenvalue weighted by molar-refractivity contribution is -0.120. The van der Waals surface area contributed by atoms with Gasteiger partial charge in [-0.15, -0.1) is 0 Å². The fourth-order valence-corrected chi connectivity index (χ4v) is 2.62. The van der Waals surface area contributed by atoms with Crippen molar-refractivity contribution in [3.8, 4) is 0 Å². The number of hydrogen-bond acceptors (Lipinski definition) is 3. The summed E-state index contributed by atoms with van der Waals surface area (Å²) in [4.78, 5) is 28.3. The number of aromatic nitrogens is 1. The molecule has 2 atom stereocenters. The number of carbonyl (C=O) groups excluding carboxylic acids is 1. The van der Waals surface area contributed by atoms with Crippen LogP contribution in [0.5, 0.6) is 0 Å². The minimum absolute atomic E-state index is 0.168. The number of anilines is 1. The zero-order valence-corrected chi connectivity index (χ0v) is 13.1. The van der Waals surface area contributed by atoms with Gasteiger partial charge in [0.15, 0.2) is 0 Å². The summed E-state index contributed by atoms with van der Waals surface area (Å²) in [6.45, 7) is 2.74. The third kappa shape index (κ3) is 3.49. The van der Waals surface area contributed by atoms with Crippen LogP contribution < -0.4 is 5.32 Å². The first-order chi connectivity index (χ1) is 9.69. The third-order valence-corrected chi connectivity index (χ3v) is 3.79. The second-order valence-corrected chi connectivity index (χ2v) is 6.14. The topological polar surface area (TPSA) is 82.5 Å². The van der Waals surface area contributed by atoms with E-state index in [1.807, 2.05) is 0 Å². The Morgan fingerprint density at radius 3 is 2.86 bits per heavy atom. The molecule has 114 valence electrons. The van der Waals surface area contributed by atoms with Crippen LogP contribution in [-0.2, 0) is 4.79 Å². The first-order valence-corrected chi connectivity index (χ1v) is 7.11. The van der Waals surface area contributed by atoms with Crippen LogP contribution in [0.2, 0.25) is 0 Å². The summed E-state index contributed by atoms with van der Waals surface area (Å²) in [5.41, 5.74) is -0.977. The van der Waals surface area contributed by atoms with E-state index in [4.69, 9.17) is 5.11 Å². The lowest BCUT2D eigenvalue weighted by atomic mass is 10.0. The molecule has 0 aromatic carbocycles. The number of alkyl halides is 1. The second kappa shape index (κ2) is 5.59. The molecule has 0 radical (unpaired) electrons. The van der Waals surface area contributed by atoms with E-state index in [1.54, 1.807) is 19.1 Å². The predicted octanol–water partition coefficient (Wildman–Crippen LogP) is 2.57. The molecule has 0 unspecified atom stereocenters. The minimum atomic E-state index is -1.71. The highest BCUT2D eigenvalue weighted by Crippen LogP contribution is 2.31. The summed E-state index contributed by atoms with van der Waals surface area (Å²) in [7, 11) is 0. The fourth-order valence-electron chi connectivity index (χ4n) is 2.31. The van der Waals surface area contributed by atoms with Gasteiger partial charge in [-0.2, -0.15) is 0 Å². The number of nitrogens with one attached hydrogen (secondary N) is 1. The van der Waals surface area contributed by atoms with Crippen molar-refractivity contribution in [1.82, 2.24) is 9.88 Å². The number of nitrogens with zero attached hydrogens (tertiary/aromatic N) is 2. The Balaban J connectivity index is 2.19. The van der Waals surface area contributed by atoms with E-state index in [2.05, 4.69) is 26.2 Å². The van der Waals surface area contributed by atoms with Gasteiger partial charge < -0.3 is 10.4 Å². The van der Waals surface area contributed by atoms with Crippen LogP contribution in [0.15, 0.2) is 16.7 Å². The van der Waals surface area contributed by atoms with Crippen LogP contribution in [0.1, 0.15) is 18.9 Å². The standard InChI is InChI=1S/C13H15BrFN3O3/c1-7-3-4-9(14)16-10(7)17-11(19)8-5-13(2,15)6-18(8)12(20)21/h3-4,8H,5-6H2,1-2H3,(H,20,21)(H,16,17,19)/t8-,13+/m0/s1. The highest BCUT2D eigenvalue weighted by Gasteiger charge is 2.46. The number of pyridine rings is 1. The molecular weight excluding hydrogens is 345 g/mol. The summed E-state index contributed by atoms with van der Waals surface area (Å²) in [6.07, 6.45) is -1.48. The Hall–Kier alpha value is -1.70. The summed E-state index contributed by atoms with van der Waals surface area (Å²) in [6, 6.07) is 2.43. The quantitative estimate of drug-likeness (QED) is 0.795. The Morgan fingerprint density at radius 2 is 2.24 bits per heavy atom. The molecule has 2 amide bonds. The van der Waals surface area contributed by atoms with Gasteiger partial charge in [0.05, 0.1) is 6.54 Å². The second-order valence-electron chi connectivity index (χ2n) is 5.33. The molecule has 0 saturated carbocycles. The van der Waals surface area contributed by atoms with Crippen molar-refractivity contribution in [3.63, 3.8) is 0 Å². The minimum Gasteiger partial charge on any atom is -0.465 e. The maximum absolute atomic E-state index is 14.0. The van der Waals surface area contributed by atoms with Gasteiger partial charge >= 0.3 is 6.09 Å². The van der Waals surface area contributed by atoms with Gasteiger partial charge in [-0.3, -0.25) is 9.69 Å². The average Bonchev–Trinajstić information content (AvgIpc) is 2.70. The van der Waals surface area contributed by atoms with E-state index in [-0.39, 0.29) is 13.0 Å². The monoisotopic (exact) mass is 359 g/mol. The van der Waals surface area contributed by atoms with E-state index < -0.39 is 23.7 Å². The molecule has 21 heavy (non-hydrogen) atoms. The number of likely N-dealkylation sites (tertiary alicyclic amines) is 1. The molecule has 8 heteroatoms. The molecule has 0 bridgehead atoms. The third-order valence-electron chi connectivity index (χ3n) is 3.35. The van der Waals surface area contributed by atoms with E-state index in [0.717, 1.165) is 10.5 Å². The van der Waals surface area contributed by atoms with Gasteiger partial charge in [-0.1, -0.05) is 6.07 Å². The number of rotatable bonds is 2. The number of amides is 2. The zero-order valence-electron chi connectivity index (χ0n) is 11.6. The van der Waals surface area contributed by atoms with Crippen LogP contribution in [0.4, 0.5) is 15.0 Å². The molecule has 2 rings (SSSR count). The molecule has 2 N–H and O–H groups in total. The van der Waals surface area contributed by atoms with E-state index in [9.17, 15) is 14.0 Å². The summed E-state index contributed by atoms with van der Waals surface area (Å²) < 4.78 is 14.5. The number of halogens is 2. The Bertz CT molecular complexity index is 594. The van der Waals surface area contributed by atoms with Crippen molar-refractivity contribution in [2.45, 2.75) is 32.0 Å². The van der Waals surface area contributed by atoms with Crippen LogP contribution >= 0.6 is 15.9 Å². The molecule has 6 nitrogen and oxygen atoms in total. The van der Waals surface area contributed by atoms with Crippen LogP contribution in [-0.4, -0.2) is 45.2 Å². The molecule has 1 saturated heterocycles. The lowest BCUT2D eigenvalue weighted by Gasteiger charge is -2.20. The van der Waals surface area contributed by atoms with E-state index in [1.165, 1.54) is 6.92 Å². The molecule has 1 aromatic rings. The van der Waals surface area contributed by atoms with Gasteiger partial charge in [0.1, 0.15) is 22.1 Å². The maximum atomic E-state index is 14.0. The van der Waals surface area contributed by atoms with Crippen molar-refractivity contribution in [1.29, 1.82) is 0 Å². The van der Waals surface area contributed by atoms with Crippen molar-refractivity contribution in [2.24, 2.45) is 0 Å². The maximum Gasteiger partial charge on any atom is 0.408 e. The Kier molecular flexibility index (Phi) is 4.18. The molecule has 0 spiro atoms. The van der Waals surface area contributed by atoms with Gasteiger partial charge in [0, 0.05) is 6.42 Å². The van der Waals surface area contributed by atoms with Crippen molar-refractivity contribution in [3.05, 3.63) is 22.3 Å². The Labute approximate surface area is 129 Å². The van der Waals surface area contributed by atoms with E-state index >= 15 is 0 Å². The van der Waals surface area contributed by atoms with E-state index in [0.29, 0.717) is 10.4 Å². The largest absolute Gasteiger partial charge is 0.465 e. The van der Waals surface area contributed by atoms with Crippen LogP contribution in [0.3, 0.4) is 0 Å². The highest BCUT2D eigenvalue weighted by atomic mass is 79.9. The number of hydrogen-bond donors (Lipinski definition) is 2. The summed E-state index contributed by atoms with van der Waals surface area (Å²) in [5, 5.41) is 11.6. The molecule has 1 fully saturated rings. The normalized spacial score (nSPS) is 25.0. The van der Waals surface area contributed by atoms with Gasteiger partial charge in [-0.05, 0) is 41.4 Å². The number of carboxylic acid groups (broad SMARTS) is 1. The Morgan fingerprint density at radius 1 is 1.57 bits per heavy atom. The van der Waals surface area contributed by atoms with Crippen molar-refractivity contribution < 1.29 is 19.1 Å². The summed E-state index contributed by atoms with van der Waals surface area (Å²) in [5.74, 6) is -0.250. The number of aryl methyl sites for hydroxylation is 1. The SMILES string of the molecule is Cc1ccc(Br)nc1NC(=O)[C@@H]1C[C@@](C)(F)CN1C(=O)O. The molecule has 0 aliphatic carbocycles. The first kappa shape index (κ1) is 15.7. The smallest absolute Gasteiger partial charge is 0.408 e. The first-order valence-electron chi connectivity index (χ1n) is 6.32. The van der Waals surface area contributed by atoms with Crippen LogP contribution in [0, 0.1) is 6.92 Å². The fraction of sp³-hybridized carbons (Fsp3) is 0.462. The van der Waals surface area contributed by atoms with Crippen LogP contribution in [0.25, 0.3) is 0 Å². The van der Waals surface area contributed by atoms with Crippen molar-refractivity contribution in [2.75, 3.05) is 11.9 Å². The van der Waals surface area contributed by atoms with Crippen molar-refractivity contribution >= 4 is 33.7 Å². The molecule has 1 aliphatic rings.